The first-order valence-corrected chi connectivity index (χ1v) is 6.97. The van der Waals surface area contributed by atoms with Gasteiger partial charge in [-0.1, -0.05) is 35.0 Å². The van der Waals surface area contributed by atoms with Gasteiger partial charge in [0, 0.05) is 17.0 Å². The van der Waals surface area contributed by atoms with E-state index in [1.165, 1.54) is 11.8 Å². The maximum Gasteiger partial charge on any atom is 0.211 e. The van der Waals surface area contributed by atoms with Gasteiger partial charge in [-0.3, -0.25) is 9.48 Å². The molecule has 0 unspecified atom stereocenters. The van der Waals surface area contributed by atoms with Gasteiger partial charge < -0.3 is 5.32 Å². The van der Waals surface area contributed by atoms with E-state index in [0.717, 1.165) is 15.6 Å². The lowest BCUT2D eigenvalue weighted by Crippen LogP contribution is -1.97. The van der Waals surface area contributed by atoms with Gasteiger partial charge in [0.2, 0.25) is 6.41 Å². The van der Waals surface area contributed by atoms with E-state index in [1.54, 1.807) is 16.8 Å². The quantitative estimate of drug-likeness (QED) is 0.874. The van der Waals surface area contributed by atoms with Crippen LogP contribution < -0.4 is 5.32 Å². The van der Waals surface area contributed by atoms with Crippen molar-refractivity contribution in [2.45, 2.75) is 16.8 Å². The Morgan fingerprint density at radius 1 is 1.42 bits per heavy atom. The Morgan fingerprint density at radius 3 is 2.79 bits per heavy atom. The van der Waals surface area contributed by atoms with Crippen molar-refractivity contribution in [1.29, 1.82) is 0 Å². The van der Waals surface area contributed by atoms with Crippen molar-refractivity contribution in [3.63, 3.8) is 0 Å². The molecule has 0 radical (unpaired) electrons. The smallest absolute Gasteiger partial charge is 0.211 e. The fourth-order valence-corrected chi connectivity index (χ4v) is 3.15. The zero-order chi connectivity index (χ0) is 14.0. The number of anilines is 1. The summed E-state index contributed by atoms with van der Waals surface area (Å²) >= 11 is 13.4. The minimum atomic E-state index is 0.563. The number of benzene rings is 1. The van der Waals surface area contributed by atoms with Gasteiger partial charge in [-0.05, 0) is 25.1 Å². The molecule has 2 rings (SSSR count). The predicted molar refractivity (Wildman–Crippen MR) is 78.2 cm³/mol. The summed E-state index contributed by atoms with van der Waals surface area (Å²) in [6.07, 6.45) is 0.636. The zero-order valence-electron chi connectivity index (χ0n) is 10.3. The largest absolute Gasteiger partial charge is 0.325 e. The third kappa shape index (κ3) is 3.05. The normalized spacial score (nSPS) is 10.5. The van der Waals surface area contributed by atoms with Crippen LogP contribution in [0.2, 0.25) is 10.0 Å². The first-order valence-electron chi connectivity index (χ1n) is 5.39. The fraction of sp³-hybridized carbons (Fsp3) is 0.167. The molecule has 19 heavy (non-hydrogen) atoms. The summed E-state index contributed by atoms with van der Waals surface area (Å²) in [5.41, 5.74) is 1.44. The van der Waals surface area contributed by atoms with Gasteiger partial charge in [-0.15, -0.1) is 0 Å². The number of nitrogens with one attached hydrogen (secondary N) is 1. The molecule has 1 heterocycles. The average Bonchev–Trinajstić information content (AvgIpc) is 2.60. The minimum Gasteiger partial charge on any atom is -0.325 e. The predicted octanol–water partition coefficient (Wildman–Crippen LogP) is 3.75. The molecule has 0 aliphatic heterocycles. The highest BCUT2D eigenvalue weighted by Crippen LogP contribution is 2.38. The fourth-order valence-electron chi connectivity index (χ4n) is 1.64. The number of carbonyl (C=O) groups excluding carboxylic acids is 1. The van der Waals surface area contributed by atoms with Crippen LogP contribution in [-0.4, -0.2) is 16.2 Å². The number of halogens is 2. The average molecular weight is 316 g/mol. The van der Waals surface area contributed by atoms with Crippen LogP contribution in [0.25, 0.3) is 0 Å². The summed E-state index contributed by atoms with van der Waals surface area (Å²) in [5.74, 6) is 0. The minimum absolute atomic E-state index is 0.563. The topological polar surface area (TPSA) is 46.9 Å². The SMILES string of the molecule is Cc1nn(C)c(Sc2ccc(Cl)cc2Cl)c1NC=O. The molecule has 1 amide bonds. The van der Waals surface area contributed by atoms with Gasteiger partial charge in [0.15, 0.2) is 0 Å². The lowest BCUT2D eigenvalue weighted by atomic mass is 10.4. The number of hydrogen-bond donors (Lipinski definition) is 1. The molecule has 0 saturated carbocycles. The highest BCUT2D eigenvalue weighted by molar-refractivity contribution is 7.99. The molecule has 7 heteroatoms. The Hall–Kier alpha value is -1.17. The highest BCUT2D eigenvalue weighted by Gasteiger charge is 2.15. The van der Waals surface area contributed by atoms with Crippen molar-refractivity contribution in [3.8, 4) is 0 Å². The van der Waals surface area contributed by atoms with Crippen molar-refractivity contribution < 1.29 is 4.79 Å². The third-order valence-corrected chi connectivity index (χ3v) is 4.37. The molecule has 0 fully saturated rings. The number of rotatable bonds is 4. The number of carbonyl (C=O) groups is 1. The summed E-state index contributed by atoms with van der Waals surface area (Å²) in [4.78, 5) is 11.5. The maximum atomic E-state index is 10.7. The third-order valence-electron chi connectivity index (χ3n) is 2.47. The Morgan fingerprint density at radius 2 is 2.16 bits per heavy atom. The van der Waals surface area contributed by atoms with E-state index in [2.05, 4.69) is 10.4 Å². The Kier molecular flexibility index (Phi) is 4.39. The molecule has 0 spiro atoms. The summed E-state index contributed by atoms with van der Waals surface area (Å²) in [6, 6.07) is 5.29. The highest BCUT2D eigenvalue weighted by atomic mass is 35.5. The number of aryl methyl sites for hydroxylation is 2. The molecule has 0 aliphatic carbocycles. The molecule has 1 N–H and O–H groups in total. The molecule has 0 atom stereocenters. The Labute approximate surface area is 125 Å². The lowest BCUT2D eigenvalue weighted by molar-refractivity contribution is -0.105. The van der Waals surface area contributed by atoms with Gasteiger partial charge in [0.1, 0.15) is 5.03 Å². The van der Waals surface area contributed by atoms with Crippen LogP contribution in [0.5, 0.6) is 0 Å². The second-order valence-corrected chi connectivity index (χ2v) is 5.70. The molecule has 1 aromatic heterocycles. The van der Waals surface area contributed by atoms with E-state index in [1.807, 2.05) is 20.0 Å². The molecule has 0 bridgehead atoms. The van der Waals surface area contributed by atoms with Crippen molar-refractivity contribution >= 4 is 47.1 Å². The standard InChI is InChI=1S/C12H11Cl2N3OS/c1-7-11(15-6-18)12(17(2)16-7)19-10-4-3-8(13)5-9(10)14/h3-6H,1-2H3,(H,15,18). The van der Waals surface area contributed by atoms with Crippen LogP contribution >= 0.6 is 35.0 Å². The van der Waals surface area contributed by atoms with Gasteiger partial charge in [0.05, 0.1) is 16.4 Å². The van der Waals surface area contributed by atoms with Gasteiger partial charge in [-0.25, -0.2) is 0 Å². The summed E-state index contributed by atoms with van der Waals surface area (Å²) < 4.78 is 1.71. The Bertz CT molecular complexity index is 628. The summed E-state index contributed by atoms with van der Waals surface area (Å²) in [7, 11) is 1.81. The maximum absolute atomic E-state index is 10.7. The van der Waals surface area contributed by atoms with Crippen LogP contribution in [0.4, 0.5) is 5.69 Å². The van der Waals surface area contributed by atoms with Crippen LogP contribution in [0.15, 0.2) is 28.1 Å². The van der Waals surface area contributed by atoms with Crippen LogP contribution in [0.3, 0.4) is 0 Å². The van der Waals surface area contributed by atoms with Gasteiger partial charge in [0.25, 0.3) is 0 Å². The molecule has 0 saturated heterocycles. The molecular formula is C12H11Cl2N3OS. The van der Waals surface area contributed by atoms with Crippen molar-refractivity contribution in [2.75, 3.05) is 5.32 Å². The van der Waals surface area contributed by atoms with E-state index in [9.17, 15) is 4.79 Å². The number of aromatic nitrogens is 2. The number of hydrogen-bond acceptors (Lipinski definition) is 3. The van der Waals surface area contributed by atoms with Crippen molar-refractivity contribution in [3.05, 3.63) is 33.9 Å². The van der Waals surface area contributed by atoms with Crippen molar-refractivity contribution in [2.24, 2.45) is 7.05 Å². The van der Waals surface area contributed by atoms with E-state index >= 15 is 0 Å². The van der Waals surface area contributed by atoms with E-state index in [4.69, 9.17) is 23.2 Å². The van der Waals surface area contributed by atoms with E-state index in [0.29, 0.717) is 22.1 Å². The Balaban J connectivity index is 2.40. The van der Waals surface area contributed by atoms with Crippen molar-refractivity contribution in [1.82, 2.24) is 9.78 Å². The molecule has 4 nitrogen and oxygen atoms in total. The molecule has 100 valence electrons. The number of nitrogens with zero attached hydrogens (tertiary/aromatic N) is 2. The molecule has 2 aromatic rings. The van der Waals surface area contributed by atoms with Gasteiger partial charge >= 0.3 is 0 Å². The van der Waals surface area contributed by atoms with Crippen LogP contribution in [0, 0.1) is 6.92 Å². The van der Waals surface area contributed by atoms with E-state index < -0.39 is 0 Å². The van der Waals surface area contributed by atoms with Gasteiger partial charge in [-0.2, -0.15) is 5.10 Å². The van der Waals surface area contributed by atoms with Crippen LogP contribution in [0.1, 0.15) is 5.69 Å². The summed E-state index contributed by atoms with van der Waals surface area (Å²) in [5, 5.41) is 8.90. The monoisotopic (exact) mass is 315 g/mol. The first kappa shape index (κ1) is 14.2. The van der Waals surface area contributed by atoms with E-state index in [-0.39, 0.29) is 0 Å². The zero-order valence-corrected chi connectivity index (χ0v) is 12.6. The second-order valence-electron chi connectivity index (χ2n) is 3.83. The second kappa shape index (κ2) is 5.86. The van der Waals surface area contributed by atoms with Crippen LogP contribution in [-0.2, 0) is 11.8 Å². The molecular weight excluding hydrogens is 305 g/mol. The molecule has 0 aliphatic rings. The summed E-state index contributed by atoms with van der Waals surface area (Å²) in [6.45, 7) is 1.83. The number of amides is 1. The lowest BCUT2D eigenvalue weighted by Gasteiger charge is -2.07. The first-order chi connectivity index (χ1) is 9.02. The molecule has 1 aromatic carbocycles.